The van der Waals surface area contributed by atoms with Crippen LogP contribution in [0.5, 0.6) is 0 Å². The van der Waals surface area contributed by atoms with Gasteiger partial charge in [0.2, 0.25) is 10.0 Å². The molecule has 2 N–H and O–H groups in total. The summed E-state index contributed by atoms with van der Waals surface area (Å²) in [4.78, 5) is 15.1. The molecule has 2 aromatic rings. The van der Waals surface area contributed by atoms with Gasteiger partial charge in [0, 0.05) is 18.3 Å². The predicted molar refractivity (Wildman–Crippen MR) is 128 cm³/mol. The lowest BCUT2D eigenvalue weighted by Crippen LogP contribution is -2.32. The van der Waals surface area contributed by atoms with E-state index in [0.717, 1.165) is 38.4 Å². The second kappa shape index (κ2) is 9.69. The molecule has 172 valence electrons. The normalized spacial score (nSPS) is 18.0. The molecule has 2 aliphatic rings. The number of halogens is 2. The van der Waals surface area contributed by atoms with Crippen molar-refractivity contribution in [1.82, 2.24) is 9.62 Å². The number of hydrogen-bond donors (Lipinski definition) is 2. The summed E-state index contributed by atoms with van der Waals surface area (Å²) in [5.74, 6) is 0.302. The largest absolute Gasteiger partial charge is 0.322 e. The van der Waals surface area contributed by atoms with Crippen LogP contribution in [0.15, 0.2) is 41.3 Å². The zero-order chi connectivity index (χ0) is 22.9. The van der Waals surface area contributed by atoms with Crippen molar-refractivity contribution >= 4 is 44.8 Å². The molecule has 0 spiro atoms. The lowest BCUT2D eigenvalue weighted by molar-refractivity contribution is 0.102. The van der Waals surface area contributed by atoms with Crippen LogP contribution in [0.2, 0.25) is 10.0 Å². The topological polar surface area (TPSA) is 78.5 Å². The number of carbonyl (C=O) groups excluding carboxylic acids is 1. The molecule has 32 heavy (non-hydrogen) atoms. The van der Waals surface area contributed by atoms with Gasteiger partial charge in [0.05, 0.1) is 15.6 Å². The predicted octanol–water partition coefficient (Wildman–Crippen LogP) is 4.92. The average molecular weight is 496 g/mol. The lowest BCUT2D eigenvalue weighted by Gasteiger charge is -2.30. The first kappa shape index (κ1) is 23.5. The second-order valence-corrected chi connectivity index (χ2v) is 11.3. The number of sulfonamides is 1. The highest BCUT2D eigenvalue weighted by atomic mass is 35.5. The van der Waals surface area contributed by atoms with E-state index in [9.17, 15) is 13.2 Å². The van der Waals surface area contributed by atoms with Crippen molar-refractivity contribution in [2.45, 2.75) is 50.1 Å². The molecule has 1 saturated heterocycles. The number of carbonyl (C=O) groups is 1. The second-order valence-electron chi connectivity index (χ2n) is 8.77. The van der Waals surface area contributed by atoms with E-state index in [1.165, 1.54) is 30.5 Å². The third-order valence-electron chi connectivity index (χ3n) is 5.95. The Balaban J connectivity index is 1.44. The van der Waals surface area contributed by atoms with Gasteiger partial charge >= 0.3 is 0 Å². The maximum Gasteiger partial charge on any atom is 0.257 e. The maximum absolute atomic E-state index is 12.8. The SMILES string of the molecule is CC1CCN(Cc2ccc(NC(=O)c3cc(S(=O)(=O)NC4CC4)c(Cl)cc3Cl)cc2)CC1. The van der Waals surface area contributed by atoms with Crippen molar-refractivity contribution in [3.8, 4) is 0 Å². The van der Waals surface area contributed by atoms with Crippen LogP contribution in [0.4, 0.5) is 5.69 Å². The van der Waals surface area contributed by atoms with E-state index < -0.39 is 15.9 Å². The van der Waals surface area contributed by atoms with Crippen LogP contribution in [0, 0.1) is 5.92 Å². The molecule has 1 aliphatic carbocycles. The Bertz CT molecular complexity index is 1090. The van der Waals surface area contributed by atoms with Gasteiger partial charge in [-0.25, -0.2) is 13.1 Å². The first-order valence-corrected chi connectivity index (χ1v) is 13.1. The fraction of sp³-hybridized carbons (Fsp3) is 0.435. The van der Waals surface area contributed by atoms with Gasteiger partial charge in [-0.05, 0) is 74.5 Å². The Morgan fingerprint density at radius 3 is 2.31 bits per heavy atom. The van der Waals surface area contributed by atoms with Crippen LogP contribution in [0.3, 0.4) is 0 Å². The van der Waals surface area contributed by atoms with Crippen molar-refractivity contribution < 1.29 is 13.2 Å². The molecule has 2 aromatic carbocycles. The standard InChI is InChI=1S/C23H27Cl2N3O3S/c1-15-8-10-28(11-9-15)14-16-2-4-17(5-3-16)26-23(29)19-12-22(21(25)13-20(19)24)32(30,31)27-18-6-7-18/h2-5,12-13,15,18,27H,6-11,14H2,1H3,(H,26,29). The fourth-order valence-corrected chi connectivity index (χ4v) is 5.93. The molecule has 1 heterocycles. The molecule has 1 amide bonds. The van der Waals surface area contributed by atoms with Crippen LogP contribution < -0.4 is 10.0 Å². The molecule has 6 nitrogen and oxygen atoms in total. The zero-order valence-corrected chi connectivity index (χ0v) is 20.2. The minimum atomic E-state index is -3.82. The van der Waals surface area contributed by atoms with Gasteiger partial charge in [0.1, 0.15) is 4.90 Å². The molecule has 0 radical (unpaired) electrons. The maximum atomic E-state index is 12.8. The summed E-state index contributed by atoms with van der Waals surface area (Å²) < 4.78 is 27.8. The molecule has 0 atom stereocenters. The number of rotatable bonds is 7. The van der Waals surface area contributed by atoms with Crippen molar-refractivity contribution in [1.29, 1.82) is 0 Å². The Hall–Kier alpha value is -1.64. The van der Waals surface area contributed by atoms with Gasteiger partial charge < -0.3 is 5.32 Å². The smallest absolute Gasteiger partial charge is 0.257 e. The summed E-state index contributed by atoms with van der Waals surface area (Å²) in [6.45, 7) is 5.40. The Morgan fingerprint density at radius 2 is 1.69 bits per heavy atom. The van der Waals surface area contributed by atoms with E-state index >= 15 is 0 Å². The molecule has 1 saturated carbocycles. The van der Waals surface area contributed by atoms with Gasteiger partial charge in [0.25, 0.3) is 5.91 Å². The van der Waals surface area contributed by atoms with Crippen molar-refractivity contribution in [3.63, 3.8) is 0 Å². The monoisotopic (exact) mass is 495 g/mol. The van der Waals surface area contributed by atoms with Gasteiger partial charge in [-0.3, -0.25) is 9.69 Å². The molecular formula is C23H27Cl2N3O3S. The highest BCUT2D eigenvalue weighted by Gasteiger charge is 2.30. The summed E-state index contributed by atoms with van der Waals surface area (Å²) in [5.41, 5.74) is 1.85. The number of amides is 1. The molecule has 0 bridgehead atoms. The van der Waals surface area contributed by atoms with E-state index in [0.29, 0.717) is 5.69 Å². The third-order valence-corrected chi connectivity index (χ3v) is 8.25. The summed E-state index contributed by atoms with van der Waals surface area (Å²) in [7, 11) is -3.82. The number of benzene rings is 2. The quantitative estimate of drug-likeness (QED) is 0.571. The van der Waals surface area contributed by atoms with Crippen LogP contribution in [0.25, 0.3) is 0 Å². The highest BCUT2D eigenvalue weighted by molar-refractivity contribution is 7.89. The van der Waals surface area contributed by atoms with E-state index in [4.69, 9.17) is 23.2 Å². The molecule has 1 aliphatic heterocycles. The lowest BCUT2D eigenvalue weighted by atomic mass is 9.99. The summed E-state index contributed by atoms with van der Waals surface area (Å²) in [5, 5.41) is 2.87. The van der Waals surface area contributed by atoms with Crippen molar-refractivity contribution in [2.24, 2.45) is 5.92 Å². The third kappa shape index (κ3) is 5.83. The number of nitrogens with zero attached hydrogens (tertiary/aromatic N) is 1. The Morgan fingerprint density at radius 1 is 1.03 bits per heavy atom. The molecule has 4 rings (SSSR count). The molecule has 9 heteroatoms. The summed E-state index contributed by atoms with van der Waals surface area (Å²) >= 11 is 12.3. The van der Waals surface area contributed by atoms with Crippen LogP contribution >= 0.6 is 23.2 Å². The molecule has 0 unspecified atom stereocenters. The molecule has 2 fully saturated rings. The Kier molecular flexibility index (Phi) is 7.12. The van der Waals surface area contributed by atoms with Gasteiger partial charge in [0.15, 0.2) is 0 Å². The van der Waals surface area contributed by atoms with Crippen molar-refractivity contribution in [2.75, 3.05) is 18.4 Å². The van der Waals surface area contributed by atoms with Crippen molar-refractivity contribution in [3.05, 3.63) is 57.6 Å². The minimum absolute atomic E-state index is 0.0174. The average Bonchev–Trinajstić information content (AvgIpc) is 3.54. The fourth-order valence-electron chi connectivity index (χ4n) is 3.76. The van der Waals surface area contributed by atoms with Crippen LogP contribution in [-0.4, -0.2) is 38.4 Å². The van der Waals surface area contributed by atoms with Crippen LogP contribution in [0.1, 0.15) is 48.5 Å². The van der Waals surface area contributed by atoms with Gasteiger partial charge in [-0.15, -0.1) is 0 Å². The summed E-state index contributed by atoms with van der Waals surface area (Å²) in [6, 6.07) is 10.1. The summed E-state index contributed by atoms with van der Waals surface area (Å²) in [6.07, 6.45) is 4.04. The van der Waals surface area contributed by atoms with Crippen LogP contribution in [-0.2, 0) is 16.6 Å². The van der Waals surface area contributed by atoms with E-state index in [2.05, 4.69) is 21.9 Å². The number of piperidine rings is 1. The van der Waals surface area contributed by atoms with Gasteiger partial charge in [-0.1, -0.05) is 42.3 Å². The highest BCUT2D eigenvalue weighted by Crippen LogP contribution is 2.31. The number of anilines is 1. The van der Waals surface area contributed by atoms with E-state index in [1.54, 1.807) is 0 Å². The first-order chi connectivity index (χ1) is 15.2. The number of nitrogens with one attached hydrogen (secondary N) is 2. The number of likely N-dealkylation sites (tertiary alicyclic amines) is 1. The molecular weight excluding hydrogens is 469 g/mol. The Labute approximate surface area is 199 Å². The minimum Gasteiger partial charge on any atom is -0.322 e. The number of hydrogen-bond acceptors (Lipinski definition) is 4. The van der Waals surface area contributed by atoms with E-state index in [1.807, 2.05) is 24.3 Å². The molecule has 0 aromatic heterocycles. The first-order valence-electron chi connectivity index (χ1n) is 10.9. The van der Waals surface area contributed by atoms with Gasteiger partial charge in [-0.2, -0.15) is 0 Å². The zero-order valence-electron chi connectivity index (χ0n) is 17.9. The van der Waals surface area contributed by atoms with E-state index in [-0.39, 0.29) is 26.5 Å².